The fourth-order valence-electron chi connectivity index (χ4n) is 1.44. The van der Waals surface area contributed by atoms with Gasteiger partial charge in [-0.15, -0.1) is 0 Å². The highest BCUT2D eigenvalue weighted by atomic mass is 19.1. The number of unbranched alkanes of at least 4 members (excludes halogenated alkanes) is 1. The van der Waals surface area contributed by atoms with Gasteiger partial charge in [0.15, 0.2) is 0 Å². The lowest BCUT2D eigenvalue weighted by Crippen LogP contribution is -2.17. The van der Waals surface area contributed by atoms with E-state index >= 15 is 0 Å². The van der Waals surface area contributed by atoms with Crippen molar-refractivity contribution >= 4 is 0 Å². The third-order valence-electron chi connectivity index (χ3n) is 2.36. The number of hydrogen-bond acceptors (Lipinski definition) is 2. The lowest BCUT2D eigenvalue weighted by Gasteiger charge is -2.06. The van der Waals surface area contributed by atoms with Crippen LogP contribution in [0.4, 0.5) is 8.78 Å². The van der Waals surface area contributed by atoms with Crippen LogP contribution in [0.1, 0.15) is 18.4 Å². The molecule has 0 spiro atoms. The summed E-state index contributed by atoms with van der Waals surface area (Å²) in [4.78, 5) is 0. The van der Waals surface area contributed by atoms with E-state index in [9.17, 15) is 8.78 Å². The minimum absolute atomic E-state index is 0.450. The van der Waals surface area contributed by atoms with Gasteiger partial charge in [-0.25, -0.2) is 8.78 Å². The van der Waals surface area contributed by atoms with Gasteiger partial charge in [0, 0.05) is 18.2 Å². The maximum atomic E-state index is 13.2. The van der Waals surface area contributed by atoms with Crippen LogP contribution in [-0.4, -0.2) is 20.1 Å². The summed E-state index contributed by atoms with van der Waals surface area (Å²) in [6, 6.07) is 3.67. The molecule has 0 atom stereocenters. The standard InChI is InChI=1S/C12H18F2N2/c1-15-6-2-3-7-16-9-10-4-5-11(13)8-12(10)14/h4-5,8,15-16H,2-3,6-7,9H2,1H3. The number of nitrogens with one attached hydrogen (secondary N) is 2. The van der Waals surface area contributed by atoms with Crippen LogP contribution in [0.5, 0.6) is 0 Å². The van der Waals surface area contributed by atoms with Crippen molar-refractivity contribution in [3.8, 4) is 0 Å². The summed E-state index contributed by atoms with van der Waals surface area (Å²) < 4.78 is 25.8. The van der Waals surface area contributed by atoms with Crippen LogP contribution in [0.25, 0.3) is 0 Å². The van der Waals surface area contributed by atoms with Crippen molar-refractivity contribution in [3.63, 3.8) is 0 Å². The normalized spacial score (nSPS) is 10.7. The lowest BCUT2D eigenvalue weighted by atomic mass is 10.2. The van der Waals surface area contributed by atoms with Crippen LogP contribution in [0, 0.1) is 11.6 Å². The van der Waals surface area contributed by atoms with Crippen LogP contribution >= 0.6 is 0 Å². The molecule has 0 saturated heterocycles. The minimum atomic E-state index is -0.532. The quantitative estimate of drug-likeness (QED) is 0.698. The third-order valence-corrected chi connectivity index (χ3v) is 2.36. The minimum Gasteiger partial charge on any atom is -0.320 e. The first kappa shape index (κ1) is 13.1. The van der Waals surface area contributed by atoms with Crippen LogP contribution < -0.4 is 10.6 Å². The zero-order valence-electron chi connectivity index (χ0n) is 9.52. The topological polar surface area (TPSA) is 24.1 Å². The molecular formula is C12H18F2N2. The molecule has 1 rings (SSSR count). The van der Waals surface area contributed by atoms with Crippen LogP contribution in [0.2, 0.25) is 0 Å². The van der Waals surface area contributed by atoms with Gasteiger partial charge in [-0.1, -0.05) is 6.07 Å². The molecule has 4 heteroatoms. The van der Waals surface area contributed by atoms with Gasteiger partial charge >= 0.3 is 0 Å². The monoisotopic (exact) mass is 228 g/mol. The van der Waals surface area contributed by atoms with Gasteiger partial charge in [0.05, 0.1) is 0 Å². The molecule has 1 aromatic rings. The van der Waals surface area contributed by atoms with Crippen LogP contribution in [0.3, 0.4) is 0 Å². The Morgan fingerprint density at radius 3 is 2.56 bits per heavy atom. The Kier molecular flexibility index (Phi) is 5.96. The van der Waals surface area contributed by atoms with Crippen LogP contribution in [-0.2, 0) is 6.54 Å². The van der Waals surface area contributed by atoms with E-state index in [1.54, 1.807) is 0 Å². The molecule has 0 aliphatic rings. The molecule has 0 aliphatic carbocycles. The van der Waals surface area contributed by atoms with Crippen molar-refractivity contribution < 1.29 is 8.78 Å². The van der Waals surface area contributed by atoms with E-state index in [4.69, 9.17) is 0 Å². The number of rotatable bonds is 7. The van der Waals surface area contributed by atoms with Gasteiger partial charge in [-0.3, -0.25) is 0 Å². The fourth-order valence-corrected chi connectivity index (χ4v) is 1.44. The molecule has 2 N–H and O–H groups in total. The summed E-state index contributed by atoms with van der Waals surface area (Å²) in [5, 5.41) is 6.19. The second-order valence-electron chi connectivity index (χ2n) is 3.72. The van der Waals surface area contributed by atoms with Gasteiger partial charge in [0.2, 0.25) is 0 Å². The Morgan fingerprint density at radius 1 is 1.12 bits per heavy atom. The molecule has 0 bridgehead atoms. The summed E-state index contributed by atoms with van der Waals surface area (Å²) in [6.07, 6.45) is 2.14. The molecule has 0 heterocycles. The molecule has 1 aromatic carbocycles. The summed E-state index contributed by atoms with van der Waals surface area (Å²) in [5.41, 5.74) is 0.509. The number of halogens is 2. The Labute approximate surface area is 95.1 Å². The van der Waals surface area contributed by atoms with E-state index in [1.165, 1.54) is 12.1 Å². The predicted octanol–water partition coefficient (Wildman–Crippen LogP) is 2.05. The fraction of sp³-hybridized carbons (Fsp3) is 0.500. The van der Waals surface area contributed by atoms with Crippen molar-refractivity contribution in [2.45, 2.75) is 19.4 Å². The van der Waals surface area contributed by atoms with Crippen LogP contribution in [0.15, 0.2) is 18.2 Å². The van der Waals surface area contributed by atoms with Gasteiger partial charge < -0.3 is 10.6 Å². The average molecular weight is 228 g/mol. The predicted molar refractivity (Wildman–Crippen MR) is 61.2 cm³/mol. The molecule has 90 valence electrons. The highest BCUT2D eigenvalue weighted by Gasteiger charge is 2.02. The Morgan fingerprint density at radius 2 is 1.88 bits per heavy atom. The Hall–Kier alpha value is -1.00. The van der Waals surface area contributed by atoms with Gasteiger partial charge in [0.25, 0.3) is 0 Å². The highest BCUT2D eigenvalue weighted by molar-refractivity contribution is 5.18. The molecule has 0 aliphatic heterocycles. The number of benzene rings is 1. The molecule has 2 nitrogen and oxygen atoms in total. The van der Waals surface area contributed by atoms with Crippen molar-refractivity contribution in [1.29, 1.82) is 0 Å². The first-order valence-corrected chi connectivity index (χ1v) is 5.53. The largest absolute Gasteiger partial charge is 0.320 e. The molecule has 0 aromatic heterocycles. The van der Waals surface area contributed by atoms with E-state index < -0.39 is 11.6 Å². The van der Waals surface area contributed by atoms with Crippen molar-refractivity contribution in [3.05, 3.63) is 35.4 Å². The van der Waals surface area contributed by atoms with Gasteiger partial charge in [-0.05, 0) is 39.0 Å². The van der Waals surface area contributed by atoms with Gasteiger partial charge in [-0.2, -0.15) is 0 Å². The van der Waals surface area contributed by atoms with E-state index in [0.717, 1.165) is 32.0 Å². The maximum absolute atomic E-state index is 13.2. The first-order chi connectivity index (χ1) is 7.74. The lowest BCUT2D eigenvalue weighted by molar-refractivity contribution is 0.552. The van der Waals surface area contributed by atoms with Gasteiger partial charge in [0.1, 0.15) is 11.6 Å². The summed E-state index contributed by atoms with van der Waals surface area (Å²) in [5.74, 6) is -1.02. The first-order valence-electron chi connectivity index (χ1n) is 5.53. The zero-order valence-corrected chi connectivity index (χ0v) is 9.52. The zero-order chi connectivity index (χ0) is 11.8. The summed E-state index contributed by atoms with van der Waals surface area (Å²) >= 11 is 0. The van der Waals surface area contributed by atoms with E-state index in [2.05, 4.69) is 10.6 Å². The summed E-state index contributed by atoms with van der Waals surface area (Å²) in [6.45, 7) is 2.29. The van der Waals surface area contributed by atoms with E-state index in [0.29, 0.717) is 12.1 Å². The second kappa shape index (κ2) is 7.30. The highest BCUT2D eigenvalue weighted by Crippen LogP contribution is 2.08. The van der Waals surface area contributed by atoms with E-state index in [1.807, 2.05) is 7.05 Å². The van der Waals surface area contributed by atoms with Crippen molar-refractivity contribution in [2.75, 3.05) is 20.1 Å². The van der Waals surface area contributed by atoms with Crippen molar-refractivity contribution in [1.82, 2.24) is 10.6 Å². The molecule has 0 saturated carbocycles. The molecule has 0 unspecified atom stereocenters. The third kappa shape index (κ3) is 4.68. The smallest absolute Gasteiger partial charge is 0.130 e. The Balaban J connectivity index is 2.21. The number of hydrogen-bond donors (Lipinski definition) is 2. The van der Waals surface area contributed by atoms with Crippen molar-refractivity contribution in [2.24, 2.45) is 0 Å². The summed E-state index contributed by atoms with van der Waals surface area (Å²) in [7, 11) is 1.92. The molecule has 16 heavy (non-hydrogen) atoms. The molecule has 0 radical (unpaired) electrons. The Bertz CT molecular complexity index is 316. The average Bonchev–Trinajstić information content (AvgIpc) is 2.26. The molecular weight excluding hydrogens is 210 g/mol. The second-order valence-corrected chi connectivity index (χ2v) is 3.72. The molecule has 0 amide bonds. The van der Waals surface area contributed by atoms with E-state index in [-0.39, 0.29) is 0 Å². The maximum Gasteiger partial charge on any atom is 0.130 e. The SMILES string of the molecule is CNCCCCNCc1ccc(F)cc1F. The molecule has 0 fully saturated rings.